The van der Waals surface area contributed by atoms with E-state index in [4.69, 9.17) is 9.47 Å². The van der Waals surface area contributed by atoms with Gasteiger partial charge < -0.3 is 25.0 Å². The Morgan fingerprint density at radius 3 is 2.25 bits per heavy atom. The van der Waals surface area contributed by atoms with Crippen LogP contribution in [0.15, 0.2) is 48.5 Å². The fraction of sp³-hybridized carbons (Fsp3) is 0.409. The maximum atomic E-state index is 12.5. The number of amides is 2. The summed E-state index contributed by atoms with van der Waals surface area (Å²) in [5.41, 5.74) is 2.14. The zero-order valence-electron chi connectivity index (χ0n) is 17.4. The molecular formula is C22H31N3O3. The predicted molar refractivity (Wildman–Crippen MR) is 112 cm³/mol. The highest BCUT2D eigenvalue weighted by molar-refractivity contribution is 5.74. The smallest absolute Gasteiger partial charge is 0.315 e. The van der Waals surface area contributed by atoms with Crippen LogP contribution in [0.1, 0.15) is 36.6 Å². The minimum atomic E-state index is -0.183. The lowest BCUT2D eigenvalue weighted by Gasteiger charge is -2.26. The van der Waals surface area contributed by atoms with Crippen molar-refractivity contribution >= 4 is 6.03 Å². The molecule has 2 aromatic carbocycles. The van der Waals surface area contributed by atoms with Crippen molar-refractivity contribution in [1.29, 1.82) is 0 Å². The predicted octanol–water partition coefficient (Wildman–Crippen LogP) is 3.76. The van der Waals surface area contributed by atoms with Crippen LogP contribution in [0, 0.1) is 0 Å². The Balaban J connectivity index is 1.99. The summed E-state index contributed by atoms with van der Waals surface area (Å²) in [5.74, 6) is 1.61. The first-order chi connectivity index (χ1) is 13.5. The van der Waals surface area contributed by atoms with Gasteiger partial charge in [-0.05, 0) is 55.9 Å². The first-order valence-electron chi connectivity index (χ1n) is 9.47. The van der Waals surface area contributed by atoms with Gasteiger partial charge in [-0.2, -0.15) is 0 Å². The first kappa shape index (κ1) is 21.6. The molecular weight excluding hydrogens is 354 g/mol. The second-order valence-electron chi connectivity index (χ2n) is 6.84. The zero-order chi connectivity index (χ0) is 20.5. The number of benzene rings is 2. The third kappa shape index (κ3) is 5.89. The van der Waals surface area contributed by atoms with Crippen molar-refractivity contribution < 1.29 is 14.3 Å². The van der Waals surface area contributed by atoms with Crippen LogP contribution in [0.3, 0.4) is 0 Å². The average Bonchev–Trinajstić information content (AvgIpc) is 2.72. The number of carbonyl (C=O) groups is 1. The minimum absolute atomic E-state index is 0.0434. The van der Waals surface area contributed by atoms with E-state index in [0.29, 0.717) is 6.54 Å². The molecule has 0 saturated carbocycles. The second-order valence-corrected chi connectivity index (χ2v) is 6.84. The second kappa shape index (κ2) is 10.6. The molecule has 0 aliphatic rings. The monoisotopic (exact) mass is 385 g/mol. The largest absolute Gasteiger partial charge is 0.497 e. The number of ether oxygens (including phenoxy) is 2. The number of carbonyl (C=O) groups excluding carboxylic acids is 1. The third-order valence-electron chi connectivity index (χ3n) is 4.79. The molecule has 0 radical (unpaired) electrons. The van der Waals surface area contributed by atoms with Crippen LogP contribution in [0.5, 0.6) is 11.5 Å². The summed E-state index contributed by atoms with van der Waals surface area (Å²) in [7, 11) is 7.28. The van der Waals surface area contributed by atoms with Crippen molar-refractivity contribution in [1.82, 2.24) is 15.5 Å². The van der Waals surface area contributed by atoms with Crippen molar-refractivity contribution in [3.8, 4) is 11.5 Å². The number of hydrogen-bond donors (Lipinski definition) is 2. The normalized spacial score (nSPS) is 12.9. The molecule has 0 spiro atoms. The van der Waals surface area contributed by atoms with Gasteiger partial charge in [-0.1, -0.05) is 31.2 Å². The van der Waals surface area contributed by atoms with E-state index in [-0.39, 0.29) is 18.1 Å². The van der Waals surface area contributed by atoms with Gasteiger partial charge in [0.25, 0.3) is 0 Å². The van der Waals surface area contributed by atoms with Crippen molar-refractivity contribution in [2.45, 2.75) is 25.4 Å². The van der Waals surface area contributed by atoms with Crippen molar-refractivity contribution in [3.63, 3.8) is 0 Å². The molecule has 0 aliphatic carbocycles. The number of urea groups is 1. The first-order valence-corrected chi connectivity index (χ1v) is 9.47. The maximum Gasteiger partial charge on any atom is 0.315 e. The molecule has 152 valence electrons. The number of hydrogen-bond acceptors (Lipinski definition) is 4. The third-order valence-corrected chi connectivity index (χ3v) is 4.79. The number of likely N-dealkylation sites (N-methyl/N-ethyl adjacent to an activating group) is 1. The molecule has 0 saturated heterocycles. The number of methoxy groups -OCH3 is 2. The molecule has 0 bridgehead atoms. The SMILES string of the molecule is CCC(NC(=O)NCC(c1cccc(OC)c1)N(C)C)c1ccc(OC)cc1. The van der Waals surface area contributed by atoms with E-state index in [1.54, 1.807) is 14.2 Å². The molecule has 0 aromatic heterocycles. The molecule has 2 rings (SSSR count). The van der Waals surface area contributed by atoms with E-state index in [2.05, 4.69) is 15.5 Å². The van der Waals surface area contributed by atoms with Crippen LogP contribution in [0.25, 0.3) is 0 Å². The van der Waals surface area contributed by atoms with E-state index in [1.807, 2.05) is 69.6 Å². The van der Waals surface area contributed by atoms with Gasteiger partial charge >= 0.3 is 6.03 Å². The highest BCUT2D eigenvalue weighted by atomic mass is 16.5. The Labute approximate surface area is 167 Å². The number of nitrogens with zero attached hydrogens (tertiary/aromatic N) is 1. The van der Waals surface area contributed by atoms with Crippen molar-refractivity contribution in [3.05, 3.63) is 59.7 Å². The van der Waals surface area contributed by atoms with E-state index in [0.717, 1.165) is 29.0 Å². The summed E-state index contributed by atoms with van der Waals surface area (Å²) in [6, 6.07) is 15.5. The summed E-state index contributed by atoms with van der Waals surface area (Å²) >= 11 is 0. The molecule has 2 aromatic rings. The van der Waals surface area contributed by atoms with E-state index in [9.17, 15) is 4.79 Å². The Kier molecular flexibility index (Phi) is 8.14. The molecule has 2 atom stereocenters. The summed E-state index contributed by atoms with van der Waals surface area (Å²) in [5, 5.41) is 6.05. The molecule has 28 heavy (non-hydrogen) atoms. The number of rotatable bonds is 9. The van der Waals surface area contributed by atoms with Gasteiger partial charge in [0.2, 0.25) is 0 Å². The molecule has 2 N–H and O–H groups in total. The molecule has 6 heteroatoms. The summed E-state index contributed by atoms with van der Waals surface area (Å²) in [6.07, 6.45) is 0.798. The van der Waals surface area contributed by atoms with E-state index >= 15 is 0 Å². The lowest BCUT2D eigenvalue weighted by atomic mass is 10.0. The van der Waals surface area contributed by atoms with Gasteiger partial charge in [0, 0.05) is 6.54 Å². The highest BCUT2D eigenvalue weighted by Crippen LogP contribution is 2.23. The summed E-state index contributed by atoms with van der Waals surface area (Å²) in [4.78, 5) is 14.6. The van der Waals surface area contributed by atoms with Crippen molar-refractivity contribution in [2.75, 3.05) is 34.9 Å². The van der Waals surface area contributed by atoms with Gasteiger partial charge in [0.15, 0.2) is 0 Å². The fourth-order valence-corrected chi connectivity index (χ4v) is 3.10. The van der Waals surface area contributed by atoms with Crippen LogP contribution >= 0.6 is 0 Å². The van der Waals surface area contributed by atoms with Crippen LogP contribution in [0.2, 0.25) is 0 Å². The van der Waals surface area contributed by atoms with Gasteiger partial charge in [-0.3, -0.25) is 0 Å². The lowest BCUT2D eigenvalue weighted by Crippen LogP contribution is -2.41. The molecule has 2 amide bonds. The highest BCUT2D eigenvalue weighted by Gasteiger charge is 2.18. The summed E-state index contributed by atoms with van der Waals surface area (Å²) < 4.78 is 10.5. The van der Waals surface area contributed by atoms with Gasteiger partial charge in [-0.25, -0.2) is 4.79 Å². The Bertz CT molecular complexity index is 747. The molecule has 0 heterocycles. The molecule has 0 fully saturated rings. The van der Waals surface area contributed by atoms with Crippen LogP contribution in [-0.4, -0.2) is 45.8 Å². The molecule has 2 unspecified atom stereocenters. The van der Waals surface area contributed by atoms with Gasteiger partial charge in [-0.15, -0.1) is 0 Å². The fourth-order valence-electron chi connectivity index (χ4n) is 3.10. The van der Waals surface area contributed by atoms with E-state index < -0.39 is 0 Å². The minimum Gasteiger partial charge on any atom is -0.497 e. The summed E-state index contributed by atoms with van der Waals surface area (Å²) in [6.45, 7) is 2.54. The molecule has 0 aliphatic heterocycles. The average molecular weight is 386 g/mol. The zero-order valence-corrected chi connectivity index (χ0v) is 17.4. The Morgan fingerprint density at radius 1 is 1.00 bits per heavy atom. The number of nitrogens with one attached hydrogen (secondary N) is 2. The van der Waals surface area contributed by atoms with Crippen LogP contribution < -0.4 is 20.1 Å². The van der Waals surface area contributed by atoms with Crippen LogP contribution in [0.4, 0.5) is 4.79 Å². The Morgan fingerprint density at radius 2 is 1.68 bits per heavy atom. The standard InChI is InChI=1S/C22H31N3O3/c1-6-20(16-10-12-18(27-4)13-11-16)24-22(26)23-15-21(25(2)3)17-8-7-9-19(14-17)28-5/h7-14,20-21H,6,15H2,1-5H3,(H2,23,24,26). The van der Waals surface area contributed by atoms with Crippen molar-refractivity contribution in [2.24, 2.45) is 0 Å². The van der Waals surface area contributed by atoms with E-state index in [1.165, 1.54) is 0 Å². The Hall–Kier alpha value is -2.73. The van der Waals surface area contributed by atoms with Gasteiger partial charge in [0.1, 0.15) is 11.5 Å². The lowest BCUT2D eigenvalue weighted by molar-refractivity contribution is 0.229. The van der Waals surface area contributed by atoms with Gasteiger partial charge in [0.05, 0.1) is 26.3 Å². The topological polar surface area (TPSA) is 62.8 Å². The quantitative estimate of drug-likeness (QED) is 0.690. The maximum absolute atomic E-state index is 12.5. The molecule has 6 nitrogen and oxygen atoms in total. The van der Waals surface area contributed by atoms with Crippen LogP contribution in [-0.2, 0) is 0 Å².